The second-order valence-electron chi connectivity index (χ2n) is 9.65. The van der Waals surface area contributed by atoms with Crippen LogP contribution in [-0.2, 0) is 13.0 Å². The summed E-state index contributed by atoms with van der Waals surface area (Å²) in [6.45, 7) is 7.30. The molecule has 0 aliphatic rings. The number of aryl methyl sites for hydroxylation is 1. The zero-order valence-corrected chi connectivity index (χ0v) is 22.0. The highest BCUT2D eigenvalue weighted by Gasteiger charge is 2.15. The normalized spacial score (nSPS) is 11.6. The molecule has 4 rings (SSSR count). The number of nitrogens with zero attached hydrogens (tertiary/aromatic N) is 2. The zero-order valence-electron chi connectivity index (χ0n) is 21.3. The van der Waals surface area contributed by atoms with Gasteiger partial charge in [-0.05, 0) is 79.7 Å². The van der Waals surface area contributed by atoms with Crippen molar-refractivity contribution in [1.82, 2.24) is 25.2 Å². The molecule has 4 aromatic rings. The molecule has 0 atom stereocenters. The lowest BCUT2D eigenvalue weighted by Crippen LogP contribution is -2.26. The summed E-state index contributed by atoms with van der Waals surface area (Å²) in [5, 5.41) is 7.27. The van der Waals surface area contributed by atoms with Crippen molar-refractivity contribution in [3.63, 3.8) is 0 Å². The second kappa shape index (κ2) is 12.5. The maximum absolute atomic E-state index is 15.0. The minimum Gasteiger partial charge on any atom is -0.339 e. The number of aromatic amines is 1. The minimum absolute atomic E-state index is 0.0873. The molecule has 9 heteroatoms. The molecule has 37 heavy (non-hydrogen) atoms. The minimum atomic E-state index is -0.489. The Morgan fingerprint density at radius 1 is 1.11 bits per heavy atom. The van der Waals surface area contributed by atoms with Crippen molar-refractivity contribution in [1.29, 1.82) is 0 Å². The Balaban J connectivity index is 1.54. The lowest BCUT2D eigenvalue weighted by molar-refractivity contribution is 0.585. The van der Waals surface area contributed by atoms with Crippen molar-refractivity contribution >= 4 is 22.6 Å². The van der Waals surface area contributed by atoms with Gasteiger partial charge in [-0.15, -0.1) is 0 Å². The average molecular weight is 525 g/mol. The molecule has 0 aliphatic carbocycles. The smallest absolute Gasteiger partial charge is 0.339 e. The number of fused-ring (bicyclic) bond motifs is 1. The van der Waals surface area contributed by atoms with Gasteiger partial charge in [0.15, 0.2) is 5.82 Å². The van der Waals surface area contributed by atoms with Crippen LogP contribution in [0, 0.1) is 11.7 Å². The van der Waals surface area contributed by atoms with E-state index < -0.39 is 11.5 Å². The molecule has 5 N–H and O–H groups in total. The van der Waals surface area contributed by atoms with Crippen LogP contribution in [-0.4, -0.2) is 34.3 Å². The van der Waals surface area contributed by atoms with Crippen molar-refractivity contribution < 1.29 is 4.39 Å². The van der Waals surface area contributed by atoms with Gasteiger partial charge in [-0.25, -0.2) is 9.18 Å². The van der Waals surface area contributed by atoms with Gasteiger partial charge in [-0.2, -0.15) is 4.98 Å². The predicted octanol–water partition coefficient (Wildman–Crippen LogP) is 4.75. The number of benzene rings is 2. The highest BCUT2D eigenvalue weighted by Crippen LogP contribution is 2.31. The van der Waals surface area contributed by atoms with E-state index in [9.17, 15) is 9.18 Å². The number of nitrogens with one attached hydrogen (secondary N) is 3. The monoisotopic (exact) mass is 524 g/mol. The molecular formula is C28H34ClFN6O. The van der Waals surface area contributed by atoms with E-state index in [4.69, 9.17) is 17.3 Å². The molecule has 2 aromatic heterocycles. The highest BCUT2D eigenvalue weighted by molar-refractivity contribution is 6.31. The van der Waals surface area contributed by atoms with Crippen LogP contribution in [0.2, 0.25) is 5.02 Å². The summed E-state index contributed by atoms with van der Waals surface area (Å²) in [5.74, 6) is 0.0430. The predicted molar refractivity (Wildman–Crippen MR) is 149 cm³/mol. The zero-order chi connectivity index (χ0) is 26.4. The van der Waals surface area contributed by atoms with E-state index in [1.807, 2.05) is 30.3 Å². The van der Waals surface area contributed by atoms with E-state index >= 15 is 0 Å². The number of halogens is 2. The number of hydrogen-bond acceptors (Lipinski definition) is 5. The summed E-state index contributed by atoms with van der Waals surface area (Å²) < 4.78 is 16.5. The summed E-state index contributed by atoms with van der Waals surface area (Å²) in [7, 11) is 0. The van der Waals surface area contributed by atoms with Crippen molar-refractivity contribution in [2.24, 2.45) is 11.7 Å². The quantitative estimate of drug-likeness (QED) is 0.158. The fraction of sp³-hybridized carbons (Fsp3) is 0.357. The number of nitrogens with two attached hydrogens (primary N) is 1. The standard InChI is InChI=1S/C28H34ClFN6O/c1-18(2)4-5-20-12-23(26(30)24(29)13-20)25-14-21-16-36(28(37)35-27(21)34-25)22-8-6-19(7-9-22)15-32-10-3-11-33-17-31/h6-9,12-14,16,18,32-33H,3-5,10-11,15,17,31H2,1-2H3,(H,34,35,37). The molecule has 0 fully saturated rings. The van der Waals surface area contributed by atoms with Crippen LogP contribution in [0.3, 0.4) is 0 Å². The van der Waals surface area contributed by atoms with Crippen LogP contribution in [0.4, 0.5) is 4.39 Å². The van der Waals surface area contributed by atoms with Crippen LogP contribution >= 0.6 is 11.6 Å². The molecule has 0 radical (unpaired) electrons. The van der Waals surface area contributed by atoms with Crippen molar-refractivity contribution in [2.45, 2.75) is 39.7 Å². The number of H-pyrrole nitrogens is 1. The van der Waals surface area contributed by atoms with Gasteiger partial charge in [-0.3, -0.25) is 4.57 Å². The number of hydrogen-bond donors (Lipinski definition) is 4. The molecule has 2 aromatic carbocycles. The van der Waals surface area contributed by atoms with Crippen molar-refractivity contribution in [3.8, 4) is 16.9 Å². The first-order valence-electron chi connectivity index (χ1n) is 12.7. The van der Waals surface area contributed by atoms with E-state index in [1.165, 1.54) is 4.57 Å². The van der Waals surface area contributed by atoms with Gasteiger partial charge in [0.1, 0.15) is 5.65 Å². The molecule has 0 bridgehead atoms. The number of rotatable bonds is 12. The lowest BCUT2D eigenvalue weighted by atomic mass is 10.00. The van der Waals surface area contributed by atoms with Crippen LogP contribution in [0.5, 0.6) is 0 Å². The third-order valence-electron chi connectivity index (χ3n) is 6.29. The van der Waals surface area contributed by atoms with Crippen molar-refractivity contribution in [2.75, 3.05) is 19.8 Å². The summed E-state index contributed by atoms with van der Waals surface area (Å²) in [6, 6.07) is 13.1. The Morgan fingerprint density at radius 2 is 1.86 bits per heavy atom. The number of aromatic nitrogens is 3. The largest absolute Gasteiger partial charge is 0.354 e. The molecule has 0 spiro atoms. The third-order valence-corrected chi connectivity index (χ3v) is 6.57. The van der Waals surface area contributed by atoms with Crippen LogP contribution in [0.1, 0.15) is 37.8 Å². The molecule has 7 nitrogen and oxygen atoms in total. The Bertz CT molecular complexity index is 1400. The fourth-order valence-corrected chi connectivity index (χ4v) is 4.45. The van der Waals surface area contributed by atoms with Crippen molar-refractivity contribution in [3.05, 3.63) is 81.1 Å². The fourth-order valence-electron chi connectivity index (χ4n) is 4.21. The van der Waals surface area contributed by atoms with Gasteiger partial charge in [0.2, 0.25) is 0 Å². The highest BCUT2D eigenvalue weighted by atomic mass is 35.5. The van der Waals surface area contributed by atoms with Crippen LogP contribution < -0.4 is 22.1 Å². The van der Waals surface area contributed by atoms with Gasteiger partial charge in [0.05, 0.1) is 16.4 Å². The SMILES string of the molecule is CC(C)CCc1cc(Cl)c(F)c(-c2cc3cn(-c4ccc(CNCCCNCN)cc4)c(=O)nc3[nH]2)c1. The first-order chi connectivity index (χ1) is 17.9. The second-order valence-corrected chi connectivity index (χ2v) is 10.1. The van der Waals surface area contributed by atoms with Gasteiger partial charge < -0.3 is 21.4 Å². The molecule has 0 saturated carbocycles. The van der Waals surface area contributed by atoms with E-state index in [1.54, 1.807) is 18.3 Å². The van der Waals surface area contributed by atoms with E-state index in [0.717, 1.165) is 50.0 Å². The molecule has 0 amide bonds. The lowest BCUT2D eigenvalue weighted by Gasteiger charge is -2.09. The van der Waals surface area contributed by atoms with E-state index in [2.05, 4.69) is 34.4 Å². The van der Waals surface area contributed by atoms with Gasteiger partial charge in [0, 0.05) is 30.4 Å². The molecule has 196 valence electrons. The first-order valence-corrected chi connectivity index (χ1v) is 13.0. The third kappa shape index (κ3) is 6.84. The average Bonchev–Trinajstić information content (AvgIpc) is 3.29. The van der Waals surface area contributed by atoms with Crippen LogP contribution in [0.15, 0.2) is 53.5 Å². The summed E-state index contributed by atoms with van der Waals surface area (Å²) >= 11 is 6.22. The van der Waals surface area contributed by atoms with Gasteiger partial charge >= 0.3 is 5.69 Å². The Hall–Kier alpha value is -3.04. The van der Waals surface area contributed by atoms with E-state index in [-0.39, 0.29) is 5.02 Å². The Labute approximate surface area is 221 Å². The molecule has 0 aliphatic heterocycles. The molecule has 0 unspecified atom stereocenters. The van der Waals surface area contributed by atoms with Gasteiger partial charge in [0.25, 0.3) is 0 Å². The maximum Gasteiger partial charge on any atom is 0.354 e. The molecule has 0 saturated heterocycles. The maximum atomic E-state index is 15.0. The molecule has 2 heterocycles. The summed E-state index contributed by atoms with van der Waals surface area (Å²) in [4.78, 5) is 20.1. The summed E-state index contributed by atoms with van der Waals surface area (Å²) in [5.41, 5.74) is 9.12. The van der Waals surface area contributed by atoms with E-state index in [0.29, 0.717) is 40.6 Å². The van der Waals surface area contributed by atoms with Gasteiger partial charge in [-0.1, -0.05) is 37.6 Å². The summed E-state index contributed by atoms with van der Waals surface area (Å²) in [6.07, 6.45) is 4.51. The Morgan fingerprint density at radius 3 is 2.59 bits per heavy atom. The molecular weight excluding hydrogens is 491 g/mol. The topological polar surface area (TPSA) is 101 Å². The van der Waals surface area contributed by atoms with Crippen LogP contribution in [0.25, 0.3) is 28.0 Å². The first kappa shape index (κ1) is 27.0. The Kier molecular flexibility index (Phi) is 9.10.